The molecule has 2 saturated heterocycles. The topological polar surface area (TPSA) is 144 Å². The molecule has 1 radical (unpaired) electrons. The molecule has 157 valence electrons. The van der Waals surface area contributed by atoms with Crippen LogP contribution in [0, 0.1) is 6.92 Å². The van der Waals surface area contributed by atoms with Crippen molar-refractivity contribution in [2.75, 3.05) is 0 Å². The monoisotopic (exact) mass is 444 g/mol. The maximum Gasteiger partial charge on any atom is 0.327 e. The number of benzene rings is 1. The van der Waals surface area contributed by atoms with Gasteiger partial charge in [-0.15, -0.1) is 11.8 Å². The van der Waals surface area contributed by atoms with Crippen molar-refractivity contribution in [2.45, 2.75) is 43.0 Å². The number of nitrogens with one attached hydrogen (secondary N) is 1. The van der Waals surface area contributed by atoms with Gasteiger partial charge in [-0.25, -0.2) is 4.79 Å². The molecule has 2 aliphatic rings. The van der Waals surface area contributed by atoms with Gasteiger partial charge in [0.15, 0.2) is 0 Å². The Morgan fingerprint density at radius 2 is 1.93 bits per heavy atom. The number of thioether (sulfide) groups is 1. The minimum absolute atomic E-state index is 0. The van der Waals surface area contributed by atoms with Crippen molar-refractivity contribution >= 4 is 59.1 Å². The fourth-order valence-electron chi connectivity index (χ4n) is 3.79. The van der Waals surface area contributed by atoms with E-state index in [9.17, 15) is 19.5 Å². The molecule has 3 atom stereocenters. The summed E-state index contributed by atoms with van der Waals surface area (Å²) < 4.78 is 4.57. The van der Waals surface area contributed by atoms with Gasteiger partial charge in [-0.05, 0) is 20.8 Å². The Kier molecular flexibility index (Phi) is 7.10. The normalized spacial score (nSPS) is 23.5. The van der Waals surface area contributed by atoms with Crippen LogP contribution < -0.4 is 5.32 Å². The van der Waals surface area contributed by atoms with Gasteiger partial charge in [0.05, 0.1) is 0 Å². The van der Waals surface area contributed by atoms with E-state index in [0.29, 0.717) is 11.5 Å². The van der Waals surface area contributed by atoms with Gasteiger partial charge in [0.2, 0.25) is 5.91 Å². The van der Waals surface area contributed by atoms with Crippen molar-refractivity contribution in [3.63, 3.8) is 0 Å². The maximum absolute atomic E-state index is 12.9. The van der Waals surface area contributed by atoms with Gasteiger partial charge in [-0.1, -0.05) is 35.5 Å². The van der Waals surface area contributed by atoms with Crippen LogP contribution in [0.5, 0.6) is 0 Å². The molecule has 0 saturated carbocycles. The zero-order chi connectivity index (χ0) is 20.2. The number of fused-ring (bicyclic) bond motifs is 1. The average Bonchev–Trinajstić information content (AvgIpc) is 3.15. The fourth-order valence-corrected chi connectivity index (χ4v) is 5.42. The third-order valence-electron chi connectivity index (χ3n) is 5.10. The second kappa shape index (κ2) is 8.72. The number of hydrogen-bond donors (Lipinski definition) is 2. The average molecular weight is 444 g/mol. The van der Waals surface area contributed by atoms with Crippen LogP contribution in [-0.2, 0) is 9.59 Å². The van der Waals surface area contributed by atoms with Gasteiger partial charge in [-0.3, -0.25) is 9.59 Å². The Morgan fingerprint density at radius 3 is 2.53 bits per heavy atom. The number of aryl methyl sites for hydroxylation is 1. The molecule has 2 aromatic rings. The summed E-state index contributed by atoms with van der Waals surface area (Å²) in [6, 6.07) is 7.46. The van der Waals surface area contributed by atoms with Crippen molar-refractivity contribution in [3.8, 4) is 11.3 Å². The Labute approximate surface area is 200 Å². The first kappa shape index (κ1) is 24.4. The van der Waals surface area contributed by atoms with Gasteiger partial charge in [-0.2, -0.15) is 0 Å². The second-order valence-corrected chi connectivity index (χ2v) is 9.15. The van der Waals surface area contributed by atoms with Crippen molar-refractivity contribution < 1.29 is 30.9 Å². The Hall–Kier alpha value is -1.85. The maximum atomic E-state index is 12.9. The molecule has 0 bridgehead atoms. The van der Waals surface area contributed by atoms with Gasteiger partial charge in [0.25, 0.3) is 5.91 Å². The van der Waals surface area contributed by atoms with E-state index in [0.717, 1.165) is 5.56 Å². The summed E-state index contributed by atoms with van der Waals surface area (Å²) >= 11 is 1.38. The van der Waals surface area contributed by atoms with Crippen LogP contribution in [0.2, 0.25) is 0 Å². The van der Waals surface area contributed by atoms with Gasteiger partial charge < -0.3 is 25.3 Å². The number of aromatic nitrogens is 1. The van der Waals surface area contributed by atoms with Crippen LogP contribution in [0.3, 0.4) is 0 Å². The molecule has 0 aliphatic carbocycles. The standard InChI is InChI=1S/C19H19N3O5S.Na.H2O.H2/c1-9-11(12(21-27-9)10-7-5-4-6-8-10)15(23)20-13-16(24)22-14(18(25)26)19(2,3)28-17(13)22;;;/h4-8,13-14,17H,1-3H3,(H,20,23)(H,25,26);;1H2;1H. The van der Waals surface area contributed by atoms with E-state index in [-0.39, 0.29) is 47.9 Å². The molecular formula is C19H23N3NaO6S. The van der Waals surface area contributed by atoms with Gasteiger partial charge >= 0.3 is 5.97 Å². The largest absolute Gasteiger partial charge is 0.480 e. The first-order valence-electron chi connectivity index (χ1n) is 8.77. The molecule has 4 rings (SSSR count). The Balaban J connectivity index is 0.00000160. The summed E-state index contributed by atoms with van der Waals surface area (Å²) in [5.74, 6) is -1.55. The molecule has 1 aromatic carbocycles. The van der Waals surface area contributed by atoms with E-state index in [1.165, 1.54) is 16.7 Å². The van der Waals surface area contributed by atoms with E-state index >= 15 is 0 Å². The number of carboxylic acids is 1. The predicted molar refractivity (Wildman–Crippen MR) is 113 cm³/mol. The zero-order valence-electron chi connectivity index (χ0n) is 17.0. The molecule has 2 fully saturated rings. The number of carbonyl (C=O) groups is 3. The minimum atomic E-state index is -1.04. The third-order valence-corrected chi connectivity index (χ3v) is 6.67. The number of carboxylic acid groups (broad SMARTS) is 1. The summed E-state index contributed by atoms with van der Waals surface area (Å²) in [5.41, 5.74) is 1.41. The second-order valence-electron chi connectivity index (χ2n) is 7.38. The first-order valence-corrected chi connectivity index (χ1v) is 9.65. The molecule has 3 unspecified atom stereocenters. The molecule has 30 heavy (non-hydrogen) atoms. The van der Waals surface area contributed by atoms with Crippen LogP contribution in [0.25, 0.3) is 11.3 Å². The number of carbonyl (C=O) groups excluding carboxylic acids is 2. The Bertz CT molecular complexity index is 986. The predicted octanol–water partition coefficient (Wildman–Crippen LogP) is 0.936. The third kappa shape index (κ3) is 3.78. The Morgan fingerprint density at radius 1 is 1.30 bits per heavy atom. The number of β-lactam (4-membered cyclic amide) rings is 1. The SMILES string of the molecule is Cc1onc(-c2ccccc2)c1C(=O)NC1C(=O)N2C1SC(C)(C)C2C(=O)O.O.[HH].[Na]. The van der Waals surface area contributed by atoms with E-state index in [1.54, 1.807) is 20.8 Å². The van der Waals surface area contributed by atoms with Crippen molar-refractivity contribution in [1.29, 1.82) is 0 Å². The molecular weight excluding hydrogens is 421 g/mol. The van der Waals surface area contributed by atoms with E-state index in [2.05, 4.69) is 10.5 Å². The summed E-state index contributed by atoms with van der Waals surface area (Å²) in [6.07, 6.45) is 0. The quantitative estimate of drug-likeness (QED) is 0.527. The van der Waals surface area contributed by atoms with Crippen molar-refractivity contribution in [3.05, 3.63) is 41.7 Å². The molecule has 4 N–H and O–H groups in total. The summed E-state index contributed by atoms with van der Waals surface area (Å²) in [5, 5.41) is 15.8. The van der Waals surface area contributed by atoms with E-state index in [4.69, 9.17) is 4.52 Å². The molecule has 1 aromatic heterocycles. The summed E-state index contributed by atoms with van der Waals surface area (Å²) in [4.78, 5) is 38.5. The molecule has 2 amide bonds. The van der Waals surface area contributed by atoms with Crippen LogP contribution in [-0.4, -0.2) is 90.2 Å². The number of nitrogens with zero attached hydrogens (tertiary/aromatic N) is 2. The molecule has 2 aliphatic heterocycles. The van der Waals surface area contributed by atoms with Crippen molar-refractivity contribution in [2.24, 2.45) is 0 Å². The van der Waals surface area contributed by atoms with E-state index in [1.807, 2.05) is 30.3 Å². The zero-order valence-corrected chi connectivity index (χ0v) is 19.8. The van der Waals surface area contributed by atoms with Crippen LogP contribution in [0.15, 0.2) is 34.9 Å². The number of amides is 2. The summed E-state index contributed by atoms with van der Waals surface area (Å²) in [6.45, 7) is 5.22. The molecule has 0 spiro atoms. The molecule has 9 nitrogen and oxygen atoms in total. The van der Waals surface area contributed by atoms with Crippen LogP contribution >= 0.6 is 11.8 Å². The number of rotatable bonds is 4. The van der Waals surface area contributed by atoms with E-state index < -0.39 is 34.1 Å². The van der Waals surface area contributed by atoms with Gasteiger partial charge in [0, 0.05) is 41.3 Å². The summed E-state index contributed by atoms with van der Waals surface area (Å²) in [7, 11) is 0. The smallest absolute Gasteiger partial charge is 0.327 e. The first-order chi connectivity index (χ1) is 13.2. The van der Waals surface area contributed by atoms with Crippen LogP contribution in [0.1, 0.15) is 31.4 Å². The van der Waals surface area contributed by atoms with Gasteiger partial charge in [0.1, 0.15) is 34.5 Å². The number of aliphatic carboxylic acids is 1. The van der Waals surface area contributed by atoms with Crippen molar-refractivity contribution in [1.82, 2.24) is 15.4 Å². The molecule has 11 heteroatoms. The molecule has 3 heterocycles. The van der Waals surface area contributed by atoms with Crippen LogP contribution in [0.4, 0.5) is 0 Å². The minimum Gasteiger partial charge on any atom is -0.480 e. The number of hydrogen-bond acceptors (Lipinski definition) is 6. The fraction of sp³-hybridized carbons (Fsp3) is 0.368.